The van der Waals surface area contributed by atoms with Crippen LogP contribution in [0.5, 0.6) is 0 Å². The Morgan fingerprint density at radius 3 is 2.67 bits per heavy atom. The number of halogens is 2. The number of amidine groups is 1. The maximum absolute atomic E-state index is 14.7. The van der Waals surface area contributed by atoms with Crippen LogP contribution in [0, 0.1) is 12.7 Å². The Morgan fingerprint density at radius 1 is 1.35 bits per heavy atom. The average molecular weight is 595 g/mol. The fourth-order valence-electron chi connectivity index (χ4n) is 3.83. The van der Waals surface area contributed by atoms with Crippen molar-refractivity contribution in [3.8, 4) is 11.3 Å². The number of nitrogens with one attached hydrogen (secondary N) is 4. The number of carbonyl (C=O) groups is 1. The zero-order chi connectivity index (χ0) is 29.6. The van der Waals surface area contributed by atoms with Gasteiger partial charge in [-0.25, -0.2) is 22.6 Å². The zero-order valence-corrected chi connectivity index (χ0v) is 25.1. The van der Waals surface area contributed by atoms with Crippen molar-refractivity contribution in [3.05, 3.63) is 52.3 Å². The van der Waals surface area contributed by atoms with Gasteiger partial charge in [-0.3, -0.25) is 9.71 Å². The molecule has 0 spiro atoms. The number of allylic oxidation sites excluding steroid dienone is 3. The summed E-state index contributed by atoms with van der Waals surface area (Å²) >= 11 is 6.65. The molecule has 4 N–H and O–H groups in total. The fourth-order valence-corrected chi connectivity index (χ4v) is 5.53. The highest BCUT2D eigenvalue weighted by molar-refractivity contribution is 7.93. The number of methoxy groups -OCH3 is 1. The predicted molar refractivity (Wildman–Crippen MR) is 157 cm³/mol. The average Bonchev–Trinajstić information content (AvgIpc) is 3.70. The maximum atomic E-state index is 14.7. The second-order valence-corrected chi connectivity index (χ2v) is 12.0. The molecule has 13 heteroatoms. The highest BCUT2D eigenvalue weighted by Crippen LogP contribution is 2.40. The van der Waals surface area contributed by atoms with Crippen molar-refractivity contribution in [3.63, 3.8) is 0 Å². The number of benzene rings is 1. The van der Waals surface area contributed by atoms with Crippen LogP contribution in [-0.4, -0.2) is 55.3 Å². The van der Waals surface area contributed by atoms with Crippen LogP contribution in [0.15, 0.2) is 35.0 Å². The molecular weight excluding hydrogens is 559 g/mol. The largest absolute Gasteiger partial charge is 0.453 e. The van der Waals surface area contributed by atoms with Crippen molar-refractivity contribution in [1.29, 1.82) is 0 Å². The predicted octanol–water partition coefficient (Wildman–Crippen LogP) is 5.53. The van der Waals surface area contributed by atoms with Crippen molar-refractivity contribution >= 4 is 44.8 Å². The molecule has 1 aromatic carbocycles. The second kappa shape index (κ2) is 13.3. The number of aryl methyl sites for hydroxylation is 1. The molecule has 218 valence electrons. The molecule has 2 aromatic rings. The van der Waals surface area contributed by atoms with E-state index in [0.717, 1.165) is 23.6 Å². The molecule has 1 heterocycles. The number of imidazole rings is 1. The minimum atomic E-state index is -3.65. The molecule has 40 heavy (non-hydrogen) atoms. The van der Waals surface area contributed by atoms with Crippen molar-refractivity contribution in [2.45, 2.75) is 65.2 Å². The summed E-state index contributed by atoms with van der Waals surface area (Å²) in [5.74, 6) is 0.570. The van der Waals surface area contributed by atoms with Gasteiger partial charge in [-0.05, 0) is 65.2 Å². The smallest absolute Gasteiger partial charge is 0.407 e. The van der Waals surface area contributed by atoms with E-state index >= 15 is 0 Å². The number of sulfonamides is 1. The van der Waals surface area contributed by atoms with Gasteiger partial charge in [-0.2, -0.15) is 0 Å². The quantitative estimate of drug-likeness (QED) is 0.153. The highest BCUT2D eigenvalue weighted by atomic mass is 35.5. The van der Waals surface area contributed by atoms with Gasteiger partial charge in [-0.1, -0.05) is 24.1 Å². The summed E-state index contributed by atoms with van der Waals surface area (Å²) in [6.07, 6.45) is 4.92. The topological polar surface area (TPSA) is 138 Å². The first-order valence-corrected chi connectivity index (χ1v) is 14.8. The van der Waals surface area contributed by atoms with E-state index in [4.69, 9.17) is 11.6 Å². The van der Waals surface area contributed by atoms with E-state index in [2.05, 4.69) is 35.1 Å². The number of aromatic nitrogens is 2. The number of amides is 1. The molecule has 1 atom stereocenters. The first-order chi connectivity index (χ1) is 18.9. The Balaban J connectivity index is 1.91. The standard InChI is InChI=1S/C27H36ClFN6O4S/c1-7-15(2)21(10-11-30-17(4)31-14-16(3)32-27(36)39-6)25-26(34-18(5)33-25)22-12-19(29)13-23(24(22)28)35-40(37,38)20-8-9-20/h10-13,16,20,35H,7-9,14H2,1-6H3,(H,30,31)(H,32,36)(H,33,34)/b11-10-,21-15?. The Labute approximate surface area is 239 Å². The molecule has 1 saturated carbocycles. The van der Waals surface area contributed by atoms with E-state index < -0.39 is 27.2 Å². The monoisotopic (exact) mass is 594 g/mol. The molecule has 1 aromatic heterocycles. The van der Waals surface area contributed by atoms with E-state index in [9.17, 15) is 17.6 Å². The first kappa shape index (κ1) is 31.2. The number of aromatic amines is 1. The molecule has 0 radical (unpaired) electrons. The van der Waals surface area contributed by atoms with E-state index in [-0.39, 0.29) is 22.3 Å². The third-order valence-corrected chi connectivity index (χ3v) is 8.54. The maximum Gasteiger partial charge on any atom is 0.407 e. The van der Waals surface area contributed by atoms with E-state index in [0.29, 0.717) is 42.4 Å². The van der Waals surface area contributed by atoms with Crippen LogP contribution in [0.3, 0.4) is 0 Å². The minimum Gasteiger partial charge on any atom is -0.453 e. The van der Waals surface area contributed by atoms with Gasteiger partial charge in [0.25, 0.3) is 0 Å². The van der Waals surface area contributed by atoms with Crippen molar-refractivity contribution in [2.75, 3.05) is 18.4 Å². The van der Waals surface area contributed by atoms with Crippen LogP contribution in [0.25, 0.3) is 16.8 Å². The van der Waals surface area contributed by atoms with Crippen LogP contribution >= 0.6 is 11.6 Å². The summed E-state index contributed by atoms with van der Waals surface area (Å²) < 4.78 is 46.9. The number of ether oxygens (including phenoxy) is 1. The van der Waals surface area contributed by atoms with Gasteiger partial charge in [-0.15, -0.1) is 0 Å². The Bertz CT molecular complexity index is 1450. The van der Waals surface area contributed by atoms with E-state index in [1.165, 1.54) is 13.2 Å². The number of hydrogen-bond acceptors (Lipinski definition) is 6. The van der Waals surface area contributed by atoms with Gasteiger partial charge in [0.05, 0.1) is 46.8 Å². The van der Waals surface area contributed by atoms with Gasteiger partial charge < -0.3 is 20.4 Å². The molecule has 1 aliphatic rings. The Hall–Kier alpha value is -3.38. The number of H-pyrrole nitrogens is 1. The van der Waals surface area contributed by atoms with E-state index in [1.54, 1.807) is 20.0 Å². The van der Waals surface area contributed by atoms with E-state index in [1.807, 2.05) is 26.8 Å². The van der Waals surface area contributed by atoms with Crippen molar-refractivity contribution < 1.29 is 22.3 Å². The number of rotatable bonds is 11. The highest BCUT2D eigenvalue weighted by Gasteiger charge is 2.36. The first-order valence-electron chi connectivity index (χ1n) is 12.9. The number of hydrogen-bond donors (Lipinski definition) is 4. The van der Waals surface area contributed by atoms with Gasteiger partial charge in [0, 0.05) is 23.4 Å². The molecule has 1 fully saturated rings. The third kappa shape index (κ3) is 8.07. The number of carbonyl (C=O) groups excluding carboxylic acids is 1. The molecule has 3 rings (SSSR count). The number of anilines is 1. The van der Waals surface area contributed by atoms with Crippen LogP contribution in [0.1, 0.15) is 58.5 Å². The summed E-state index contributed by atoms with van der Waals surface area (Å²) in [6.45, 7) is 9.74. The normalized spacial score (nSPS) is 15.6. The van der Waals surface area contributed by atoms with Crippen molar-refractivity contribution in [2.24, 2.45) is 4.99 Å². The minimum absolute atomic E-state index is 0.0205. The SMILES string of the molecule is CCC(C)=C(/C=C\NC(C)=NCC(C)NC(=O)OC)c1[nH]c(C)nc1-c1cc(F)cc(NS(=O)(=O)C2CC2)c1Cl. The summed E-state index contributed by atoms with van der Waals surface area (Å²) in [6, 6.07) is 2.11. The van der Waals surface area contributed by atoms with Crippen LogP contribution < -0.4 is 15.4 Å². The molecule has 1 aliphatic carbocycles. The molecular formula is C27H36ClFN6O4S. The molecule has 1 amide bonds. The zero-order valence-electron chi connectivity index (χ0n) is 23.5. The van der Waals surface area contributed by atoms with Gasteiger partial charge >= 0.3 is 6.09 Å². The molecule has 1 unspecified atom stereocenters. The van der Waals surface area contributed by atoms with Crippen LogP contribution in [0.2, 0.25) is 5.02 Å². The van der Waals surface area contributed by atoms with Gasteiger partial charge in [0.15, 0.2) is 0 Å². The lowest BCUT2D eigenvalue weighted by Gasteiger charge is -2.14. The summed E-state index contributed by atoms with van der Waals surface area (Å²) in [5, 5.41) is 5.34. The third-order valence-electron chi connectivity index (χ3n) is 6.28. The molecule has 0 aliphatic heterocycles. The van der Waals surface area contributed by atoms with Crippen LogP contribution in [0.4, 0.5) is 14.9 Å². The summed E-state index contributed by atoms with van der Waals surface area (Å²) in [7, 11) is -2.35. The number of aliphatic imine (C=N–C) groups is 1. The fraction of sp³-hybridized carbons (Fsp3) is 0.444. The van der Waals surface area contributed by atoms with Crippen molar-refractivity contribution in [1.82, 2.24) is 20.6 Å². The Morgan fingerprint density at radius 2 is 2.05 bits per heavy atom. The lowest BCUT2D eigenvalue weighted by Crippen LogP contribution is -2.35. The Kier molecular flexibility index (Phi) is 10.4. The lowest BCUT2D eigenvalue weighted by molar-refractivity contribution is 0.168. The molecule has 0 saturated heterocycles. The molecule has 0 bridgehead atoms. The summed E-state index contributed by atoms with van der Waals surface area (Å²) in [4.78, 5) is 23.6. The molecule has 10 nitrogen and oxygen atoms in total. The number of alkyl carbamates (subject to hydrolysis) is 1. The van der Waals surface area contributed by atoms with Gasteiger partial charge in [0.2, 0.25) is 10.0 Å². The second-order valence-electron chi connectivity index (χ2n) is 9.70. The van der Waals surface area contributed by atoms with Gasteiger partial charge in [0.1, 0.15) is 11.6 Å². The number of nitrogens with zero attached hydrogens (tertiary/aromatic N) is 2. The summed E-state index contributed by atoms with van der Waals surface area (Å²) in [5.41, 5.74) is 3.09. The van der Waals surface area contributed by atoms with Crippen LogP contribution in [-0.2, 0) is 14.8 Å². The lowest BCUT2D eigenvalue weighted by atomic mass is 9.99.